The quantitative estimate of drug-likeness (QED) is 0.405. The highest BCUT2D eigenvalue weighted by Crippen LogP contribution is 2.22. The number of cyclic esters (lactones) is 2. The topological polar surface area (TPSA) is 89.9 Å². The Morgan fingerprint density at radius 1 is 1.31 bits per heavy atom. The van der Waals surface area contributed by atoms with Gasteiger partial charge in [-0.1, -0.05) is 6.08 Å². The molecule has 88 valence electrons. The van der Waals surface area contributed by atoms with Gasteiger partial charge in [0.1, 0.15) is 12.2 Å². The molecule has 0 radical (unpaired) electrons. The number of aliphatic hydroxyl groups excluding tert-OH is 1. The van der Waals surface area contributed by atoms with Gasteiger partial charge in [0, 0.05) is 20.3 Å². The summed E-state index contributed by atoms with van der Waals surface area (Å²) in [7, 11) is 0. The van der Waals surface area contributed by atoms with Gasteiger partial charge in [0.25, 0.3) is 5.79 Å². The van der Waals surface area contributed by atoms with E-state index in [1.807, 2.05) is 0 Å². The number of ketones is 1. The van der Waals surface area contributed by atoms with Crippen LogP contribution in [0.4, 0.5) is 0 Å². The molecule has 16 heavy (non-hydrogen) atoms. The van der Waals surface area contributed by atoms with E-state index in [0.717, 1.165) is 6.08 Å². The maximum Gasteiger partial charge on any atom is 0.348 e. The van der Waals surface area contributed by atoms with E-state index in [1.165, 1.54) is 13.8 Å². The number of rotatable bonds is 3. The summed E-state index contributed by atoms with van der Waals surface area (Å²) in [4.78, 5) is 33.5. The first-order valence-corrected chi connectivity index (χ1v) is 4.65. The standard InChI is InChI=1S/C10H12O6/c1-10(2)15-8(13)7(9(14)16-10)4-3-6(12)5-11/h4,11H,3,5H2,1-2H3. The van der Waals surface area contributed by atoms with Crippen molar-refractivity contribution in [3.05, 3.63) is 11.6 Å². The molecule has 0 saturated carbocycles. The van der Waals surface area contributed by atoms with Gasteiger partial charge < -0.3 is 14.6 Å². The SMILES string of the molecule is CC1(C)OC(=O)C(=CCC(=O)CO)C(=O)O1. The number of allylic oxidation sites excluding steroid dienone is 1. The molecular formula is C10H12O6. The number of esters is 2. The molecule has 0 amide bonds. The minimum atomic E-state index is -1.29. The number of hydrogen-bond acceptors (Lipinski definition) is 6. The maximum absolute atomic E-state index is 11.4. The van der Waals surface area contributed by atoms with Crippen molar-refractivity contribution >= 4 is 17.7 Å². The van der Waals surface area contributed by atoms with E-state index < -0.39 is 30.1 Å². The third-order valence-corrected chi connectivity index (χ3v) is 1.83. The van der Waals surface area contributed by atoms with Crippen LogP contribution in [0.15, 0.2) is 11.6 Å². The molecule has 1 saturated heterocycles. The molecule has 1 heterocycles. The molecule has 0 aromatic carbocycles. The molecule has 0 atom stereocenters. The van der Waals surface area contributed by atoms with Crippen LogP contribution in [0.25, 0.3) is 0 Å². The second kappa shape index (κ2) is 4.44. The van der Waals surface area contributed by atoms with Gasteiger partial charge in [-0.05, 0) is 0 Å². The fraction of sp³-hybridized carbons (Fsp3) is 0.500. The predicted molar refractivity (Wildman–Crippen MR) is 51.1 cm³/mol. The van der Waals surface area contributed by atoms with Crippen LogP contribution in [0.3, 0.4) is 0 Å². The molecule has 0 unspecified atom stereocenters. The lowest BCUT2D eigenvalue weighted by molar-refractivity contribution is -0.222. The molecule has 0 aromatic heterocycles. The van der Waals surface area contributed by atoms with Gasteiger partial charge in [-0.2, -0.15) is 0 Å². The normalized spacial score (nSPS) is 18.8. The van der Waals surface area contributed by atoms with Crippen LogP contribution in [0.2, 0.25) is 0 Å². The molecule has 0 aliphatic carbocycles. The number of ether oxygens (including phenoxy) is 2. The Kier molecular flexibility index (Phi) is 3.44. The van der Waals surface area contributed by atoms with Crippen LogP contribution in [0.5, 0.6) is 0 Å². The Hall–Kier alpha value is -1.69. The summed E-state index contributed by atoms with van der Waals surface area (Å²) < 4.78 is 9.60. The average Bonchev–Trinajstić information content (AvgIpc) is 2.14. The van der Waals surface area contributed by atoms with E-state index in [-0.39, 0.29) is 12.0 Å². The van der Waals surface area contributed by atoms with E-state index >= 15 is 0 Å². The van der Waals surface area contributed by atoms with Crippen LogP contribution in [-0.4, -0.2) is 35.2 Å². The van der Waals surface area contributed by atoms with Crippen molar-refractivity contribution in [2.24, 2.45) is 0 Å². The predicted octanol–water partition coefficient (Wildman–Crippen LogP) is -0.300. The van der Waals surface area contributed by atoms with Crippen LogP contribution in [0, 0.1) is 0 Å². The van der Waals surface area contributed by atoms with Crippen molar-refractivity contribution in [1.29, 1.82) is 0 Å². The second-order valence-electron chi connectivity index (χ2n) is 3.70. The molecule has 1 fully saturated rings. The van der Waals surface area contributed by atoms with Gasteiger partial charge in [0.15, 0.2) is 5.78 Å². The van der Waals surface area contributed by atoms with Crippen LogP contribution < -0.4 is 0 Å². The summed E-state index contributed by atoms with van der Waals surface area (Å²) in [5.74, 6) is -3.44. The average molecular weight is 228 g/mol. The molecule has 6 heteroatoms. The van der Waals surface area contributed by atoms with E-state index in [1.54, 1.807) is 0 Å². The minimum absolute atomic E-state index is 0.212. The number of hydrogen-bond donors (Lipinski definition) is 1. The third kappa shape index (κ3) is 2.90. The maximum atomic E-state index is 11.4. The monoisotopic (exact) mass is 228 g/mol. The van der Waals surface area contributed by atoms with Crippen molar-refractivity contribution in [2.75, 3.05) is 6.61 Å². The highest BCUT2D eigenvalue weighted by atomic mass is 16.7. The van der Waals surface area contributed by atoms with Gasteiger partial charge in [-0.3, -0.25) is 4.79 Å². The molecule has 0 spiro atoms. The minimum Gasteiger partial charge on any atom is -0.419 e. The lowest BCUT2D eigenvalue weighted by Crippen LogP contribution is -2.41. The Morgan fingerprint density at radius 2 is 1.81 bits per heavy atom. The van der Waals surface area contributed by atoms with E-state index in [2.05, 4.69) is 0 Å². The Labute approximate surface area is 91.8 Å². The highest BCUT2D eigenvalue weighted by Gasteiger charge is 2.38. The first kappa shape index (κ1) is 12.4. The van der Waals surface area contributed by atoms with Crippen LogP contribution in [-0.2, 0) is 23.9 Å². The van der Waals surface area contributed by atoms with Crippen LogP contribution >= 0.6 is 0 Å². The lowest BCUT2D eigenvalue weighted by atomic mass is 10.1. The van der Waals surface area contributed by atoms with Crippen molar-refractivity contribution in [3.8, 4) is 0 Å². The van der Waals surface area contributed by atoms with Gasteiger partial charge in [0.2, 0.25) is 0 Å². The summed E-state index contributed by atoms with van der Waals surface area (Å²) in [6.45, 7) is 2.22. The van der Waals surface area contributed by atoms with Gasteiger partial charge in [-0.15, -0.1) is 0 Å². The van der Waals surface area contributed by atoms with E-state index in [9.17, 15) is 14.4 Å². The largest absolute Gasteiger partial charge is 0.419 e. The Balaban J connectivity index is 2.79. The number of Topliss-reactive ketones (excluding diaryl/α,β-unsaturated/α-hetero) is 1. The van der Waals surface area contributed by atoms with Gasteiger partial charge >= 0.3 is 11.9 Å². The smallest absolute Gasteiger partial charge is 0.348 e. The summed E-state index contributed by atoms with van der Waals surface area (Å²) >= 11 is 0. The summed E-state index contributed by atoms with van der Waals surface area (Å²) in [5, 5.41) is 8.47. The third-order valence-electron chi connectivity index (χ3n) is 1.83. The molecule has 1 N–H and O–H groups in total. The fourth-order valence-corrected chi connectivity index (χ4v) is 1.11. The summed E-state index contributed by atoms with van der Waals surface area (Å²) in [6.07, 6.45) is 0.884. The van der Waals surface area contributed by atoms with E-state index in [4.69, 9.17) is 14.6 Å². The molecule has 1 aliphatic heterocycles. The Morgan fingerprint density at radius 3 is 2.25 bits per heavy atom. The first-order valence-electron chi connectivity index (χ1n) is 4.65. The van der Waals surface area contributed by atoms with Crippen molar-refractivity contribution in [3.63, 3.8) is 0 Å². The molecule has 6 nitrogen and oxygen atoms in total. The van der Waals surface area contributed by atoms with E-state index in [0.29, 0.717) is 0 Å². The fourth-order valence-electron chi connectivity index (χ4n) is 1.11. The van der Waals surface area contributed by atoms with Crippen molar-refractivity contribution < 1.29 is 29.0 Å². The molecule has 1 rings (SSSR count). The van der Waals surface area contributed by atoms with Gasteiger partial charge in [-0.25, -0.2) is 9.59 Å². The zero-order valence-electron chi connectivity index (χ0n) is 8.98. The molecule has 1 aliphatic rings. The summed E-state index contributed by atoms with van der Waals surface area (Å²) in [5.41, 5.74) is -0.318. The first-order chi connectivity index (χ1) is 7.35. The Bertz CT molecular complexity index is 344. The van der Waals surface area contributed by atoms with Crippen molar-refractivity contribution in [1.82, 2.24) is 0 Å². The highest BCUT2D eigenvalue weighted by molar-refractivity contribution is 6.15. The van der Waals surface area contributed by atoms with Crippen molar-refractivity contribution in [2.45, 2.75) is 26.1 Å². The number of aliphatic hydroxyl groups is 1. The molecule has 0 aromatic rings. The molecule has 0 bridgehead atoms. The second-order valence-corrected chi connectivity index (χ2v) is 3.70. The van der Waals surface area contributed by atoms with Gasteiger partial charge in [0.05, 0.1) is 0 Å². The number of carbonyl (C=O) groups is 3. The molecular weight excluding hydrogens is 216 g/mol. The number of carbonyl (C=O) groups excluding carboxylic acids is 3. The zero-order chi connectivity index (χ0) is 12.3. The van der Waals surface area contributed by atoms with Crippen LogP contribution in [0.1, 0.15) is 20.3 Å². The lowest BCUT2D eigenvalue weighted by Gasteiger charge is -2.29. The summed E-state index contributed by atoms with van der Waals surface area (Å²) in [6, 6.07) is 0. The zero-order valence-corrected chi connectivity index (χ0v) is 8.98.